The number of phenolic OH excluding ortho intramolecular Hbond substituents is 1. The molecule has 3 amide bonds. The maximum absolute atomic E-state index is 13.7. The van der Waals surface area contributed by atoms with Gasteiger partial charge < -0.3 is 30.1 Å². The minimum absolute atomic E-state index is 0.00864. The van der Waals surface area contributed by atoms with Gasteiger partial charge in [0, 0.05) is 18.2 Å². The molecule has 0 heterocycles. The quantitative estimate of drug-likeness (QED) is 0.416. The summed E-state index contributed by atoms with van der Waals surface area (Å²) in [6.07, 6.45) is -0.110. The summed E-state index contributed by atoms with van der Waals surface area (Å²) in [7, 11) is 0. The zero-order valence-corrected chi connectivity index (χ0v) is 22.2. The van der Waals surface area contributed by atoms with Crippen molar-refractivity contribution in [3.8, 4) is 5.75 Å². The summed E-state index contributed by atoms with van der Waals surface area (Å²) in [4.78, 5) is 52.6. The van der Waals surface area contributed by atoms with Crippen LogP contribution >= 0.6 is 0 Å². The van der Waals surface area contributed by atoms with Crippen LogP contribution in [0.5, 0.6) is 5.75 Å². The third-order valence-corrected chi connectivity index (χ3v) is 5.81. The Morgan fingerprint density at radius 2 is 1.86 bits per heavy atom. The molecule has 1 fully saturated rings. The van der Waals surface area contributed by atoms with Crippen LogP contribution in [0.25, 0.3) is 0 Å². The first kappa shape index (κ1) is 28.9. The van der Waals surface area contributed by atoms with Crippen molar-refractivity contribution >= 4 is 23.9 Å². The molecular weight excluding hydrogens is 466 g/mol. The number of ether oxygens (including phenoxy) is 2. The van der Waals surface area contributed by atoms with E-state index in [0.717, 1.165) is 0 Å². The number of phenols is 1. The number of alkyl carbamates (subject to hydrolysis) is 1. The first-order valence-electron chi connectivity index (χ1n) is 12.3. The highest BCUT2D eigenvalue weighted by atomic mass is 16.6. The van der Waals surface area contributed by atoms with Gasteiger partial charge >= 0.3 is 12.1 Å². The SMILES string of the molecule is CCOC(=O)CCNC(=O)C(c1cccc(C)c1O)N(C(=O)C(C)NC(=O)OC(C)(C)C)C1CC1C. The third-order valence-electron chi connectivity index (χ3n) is 5.81. The normalized spacial score (nSPS) is 18.4. The van der Waals surface area contributed by atoms with Gasteiger partial charge in [-0.3, -0.25) is 14.4 Å². The number of rotatable bonds is 10. The maximum atomic E-state index is 13.7. The Bertz CT molecular complexity index is 973. The standard InChI is InChI=1S/C26H39N3O7/c1-8-35-20(30)12-13-27-23(32)21(18-11-9-10-15(2)22(18)31)29(19-14-16(19)3)24(33)17(4)28-25(34)36-26(5,6)7/h9-11,16-17,19,21,31H,8,12-14H2,1-7H3,(H,27,32)(H,28,34). The smallest absolute Gasteiger partial charge is 0.408 e. The second kappa shape index (κ2) is 12.1. The number of amides is 3. The second-order valence-electron chi connectivity index (χ2n) is 10.2. The van der Waals surface area contributed by atoms with Gasteiger partial charge in [-0.05, 0) is 59.4 Å². The number of carbonyl (C=O) groups excluding carboxylic acids is 4. The largest absolute Gasteiger partial charge is 0.507 e. The van der Waals surface area contributed by atoms with Gasteiger partial charge in [-0.15, -0.1) is 0 Å². The molecule has 2 rings (SSSR count). The molecule has 0 saturated heterocycles. The van der Waals surface area contributed by atoms with Gasteiger partial charge in [0.25, 0.3) is 0 Å². The second-order valence-corrected chi connectivity index (χ2v) is 10.2. The molecule has 1 saturated carbocycles. The summed E-state index contributed by atoms with van der Waals surface area (Å²) in [5.41, 5.74) is 0.0697. The molecule has 1 aromatic rings. The van der Waals surface area contributed by atoms with Gasteiger partial charge in [-0.25, -0.2) is 4.79 Å². The number of aromatic hydroxyl groups is 1. The van der Waals surface area contributed by atoms with E-state index in [4.69, 9.17) is 9.47 Å². The molecule has 1 aliphatic carbocycles. The lowest BCUT2D eigenvalue weighted by atomic mass is 9.99. The predicted molar refractivity (Wildman–Crippen MR) is 133 cm³/mol. The van der Waals surface area contributed by atoms with Crippen molar-refractivity contribution < 1.29 is 33.8 Å². The van der Waals surface area contributed by atoms with Crippen molar-refractivity contribution in [1.82, 2.24) is 15.5 Å². The minimum atomic E-state index is -1.17. The zero-order valence-electron chi connectivity index (χ0n) is 22.2. The van der Waals surface area contributed by atoms with Crippen molar-refractivity contribution in [1.29, 1.82) is 0 Å². The van der Waals surface area contributed by atoms with Crippen LogP contribution in [-0.2, 0) is 23.9 Å². The van der Waals surface area contributed by atoms with E-state index in [1.54, 1.807) is 52.8 Å². The highest BCUT2D eigenvalue weighted by Gasteiger charge is 2.48. The van der Waals surface area contributed by atoms with E-state index in [1.165, 1.54) is 11.8 Å². The third kappa shape index (κ3) is 7.86. The van der Waals surface area contributed by atoms with Crippen molar-refractivity contribution in [3.05, 3.63) is 29.3 Å². The van der Waals surface area contributed by atoms with Crippen LogP contribution in [0.1, 0.15) is 71.6 Å². The van der Waals surface area contributed by atoms with Crippen molar-refractivity contribution in [2.24, 2.45) is 5.92 Å². The van der Waals surface area contributed by atoms with Crippen LogP contribution in [0.3, 0.4) is 0 Å². The van der Waals surface area contributed by atoms with E-state index in [2.05, 4.69) is 10.6 Å². The summed E-state index contributed by atoms with van der Waals surface area (Å²) in [5, 5.41) is 16.1. The Morgan fingerprint density at radius 1 is 1.22 bits per heavy atom. The van der Waals surface area contributed by atoms with Crippen molar-refractivity contribution in [2.45, 2.75) is 85.0 Å². The maximum Gasteiger partial charge on any atom is 0.408 e. The van der Waals surface area contributed by atoms with Gasteiger partial charge in [0.1, 0.15) is 23.4 Å². The zero-order chi connectivity index (χ0) is 27.2. The lowest BCUT2D eigenvalue weighted by Gasteiger charge is -2.34. The molecule has 0 aliphatic heterocycles. The molecule has 10 heteroatoms. The van der Waals surface area contributed by atoms with E-state index in [1.807, 2.05) is 6.92 Å². The summed E-state index contributed by atoms with van der Waals surface area (Å²) in [5.74, 6) is -1.45. The van der Waals surface area contributed by atoms with E-state index < -0.39 is 41.6 Å². The van der Waals surface area contributed by atoms with E-state index >= 15 is 0 Å². The lowest BCUT2D eigenvalue weighted by Crippen LogP contribution is -2.53. The van der Waals surface area contributed by atoms with Crippen LogP contribution in [-0.4, -0.2) is 64.7 Å². The van der Waals surface area contributed by atoms with Gasteiger partial charge in [-0.2, -0.15) is 0 Å². The number of esters is 1. The van der Waals surface area contributed by atoms with E-state index in [-0.39, 0.29) is 42.8 Å². The molecule has 1 aromatic carbocycles. The Hall–Kier alpha value is -3.30. The van der Waals surface area contributed by atoms with Crippen LogP contribution in [0, 0.1) is 12.8 Å². The number of nitrogens with zero attached hydrogens (tertiary/aromatic N) is 1. The van der Waals surface area contributed by atoms with Crippen molar-refractivity contribution in [3.63, 3.8) is 0 Å². The Labute approximate surface area is 212 Å². The summed E-state index contributed by atoms with van der Waals surface area (Å²) in [6, 6.07) is 2.57. The predicted octanol–water partition coefficient (Wildman–Crippen LogP) is 2.96. The molecule has 4 atom stereocenters. The average Bonchev–Trinajstić information content (AvgIpc) is 3.48. The number of nitrogens with one attached hydrogen (secondary N) is 2. The summed E-state index contributed by atoms with van der Waals surface area (Å²) in [6.45, 7) is 12.3. The number of para-hydroxylation sites is 1. The topological polar surface area (TPSA) is 134 Å². The highest BCUT2D eigenvalue weighted by molar-refractivity contribution is 5.93. The first-order chi connectivity index (χ1) is 16.8. The molecule has 0 radical (unpaired) electrons. The van der Waals surface area contributed by atoms with E-state index in [0.29, 0.717) is 12.0 Å². The molecule has 3 N–H and O–H groups in total. The van der Waals surface area contributed by atoms with E-state index in [9.17, 15) is 24.3 Å². The number of aryl methyl sites for hydroxylation is 1. The fraction of sp³-hybridized carbons (Fsp3) is 0.615. The van der Waals surface area contributed by atoms with Crippen LogP contribution in [0.15, 0.2) is 18.2 Å². The number of hydrogen-bond acceptors (Lipinski definition) is 7. The molecule has 200 valence electrons. The van der Waals surface area contributed by atoms with Crippen molar-refractivity contribution in [2.75, 3.05) is 13.2 Å². The summed E-state index contributed by atoms with van der Waals surface area (Å²) < 4.78 is 10.2. The average molecular weight is 506 g/mol. The van der Waals surface area contributed by atoms with Gasteiger partial charge in [-0.1, -0.05) is 25.1 Å². The number of carbonyl (C=O) groups is 4. The first-order valence-corrected chi connectivity index (χ1v) is 12.3. The lowest BCUT2D eigenvalue weighted by molar-refractivity contribution is -0.144. The molecule has 0 spiro atoms. The molecule has 10 nitrogen and oxygen atoms in total. The number of benzene rings is 1. The van der Waals surface area contributed by atoms with Gasteiger partial charge in [0.2, 0.25) is 11.8 Å². The van der Waals surface area contributed by atoms with Gasteiger partial charge in [0.15, 0.2) is 0 Å². The molecule has 36 heavy (non-hydrogen) atoms. The summed E-state index contributed by atoms with van der Waals surface area (Å²) >= 11 is 0. The molecule has 0 bridgehead atoms. The minimum Gasteiger partial charge on any atom is -0.507 e. The Morgan fingerprint density at radius 3 is 2.42 bits per heavy atom. The highest BCUT2D eigenvalue weighted by Crippen LogP contribution is 2.42. The molecule has 0 aromatic heterocycles. The molecular formula is C26H39N3O7. The fourth-order valence-corrected chi connectivity index (χ4v) is 3.88. The van der Waals surface area contributed by atoms with Crippen LogP contribution in [0.4, 0.5) is 4.79 Å². The van der Waals surface area contributed by atoms with Gasteiger partial charge in [0.05, 0.1) is 13.0 Å². The molecule has 4 unspecified atom stereocenters. The van der Waals surface area contributed by atoms with Crippen LogP contribution < -0.4 is 10.6 Å². The van der Waals surface area contributed by atoms with Crippen LogP contribution in [0.2, 0.25) is 0 Å². The molecule has 1 aliphatic rings. The number of hydrogen-bond donors (Lipinski definition) is 3. The Kier molecular flexibility index (Phi) is 9.72. The fourth-order valence-electron chi connectivity index (χ4n) is 3.88. The monoisotopic (exact) mass is 505 g/mol. The Balaban J connectivity index is 2.36.